The van der Waals surface area contributed by atoms with Crippen LogP contribution < -0.4 is 5.73 Å². The third kappa shape index (κ3) is 2.52. The van der Waals surface area contributed by atoms with Crippen molar-refractivity contribution in [2.24, 2.45) is 5.92 Å². The number of rotatable bonds is 3. The van der Waals surface area contributed by atoms with Crippen molar-refractivity contribution in [3.8, 4) is 0 Å². The van der Waals surface area contributed by atoms with E-state index in [4.69, 9.17) is 5.73 Å². The van der Waals surface area contributed by atoms with Crippen LogP contribution in [0.1, 0.15) is 26.2 Å². The lowest BCUT2D eigenvalue weighted by atomic mass is 9.97. The van der Waals surface area contributed by atoms with E-state index in [1.54, 1.807) is 28.6 Å². The Morgan fingerprint density at radius 3 is 2.78 bits per heavy atom. The van der Waals surface area contributed by atoms with Crippen molar-refractivity contribution in [3.63, 3.8) is 0 Å². The van der Waals surface area contributed by atoms with Crippen molar-refractivity contribution >= 4 is 15.7 Å². The zero-order chi connectivity index (χ0) is 13.2. The quantitative estimate of drug-likeness (QED) is 0.854. The summed E-state index contributed by atoms with van der Waals surface area (Å²) in [6.07, 6.45) is 3.08. The van der Waals surface area contributed by atoms with Crippen LogP contribution >= 0.6 is 0 Å². The zero-order valence-corrected chi connectivity index (χ0v) is 11.5. The lowest BCUT2D eigenvalue weighted by Gasteiger charge is -2.31. The molecular formula is C13H20N2O2S. The molecule has 0 radical (unpaired) electrons. The third-order valence-electron chi connectivity index (χ3n) is 3.60. The van der Waals surface area contributed by atoms with Gasteiger partial charge in [0.25, 0.3) is 0 Å². The number of piperidine rings is 1. The molecule has 2 rings (SSSR count). The molecule has 0 saturated carbocycles. The van der Waals surface area contributed by atoms with Crippen LogP contribution in [0.5, 0.6) is 0 Å². The molecule has 1 atom stereocenters. The van der Waals surface area contributed by atoms with Crippen LogP contribution in [-0.2, 0) is 10.0 Å². The summed E-state index contributed by atoms with van der Waals surface area (Å²) < 4.78 is 26.6. The molecule has 5 heteroatoms. The Labute approximate surface area is 109 Å². The van der Waals surface area contributed by atoms with Gasteiger partial charge >= 0.3 is 0 Å². The van der Waals surface area contributed by atoms with Gasteiger partial charge < -0.3 is 5.73 Å². The number of sulfonamides is 1. The highest BCUT2D eigenvalue weighted by Gasteiger charge is 2.30. The van der Waals surface area contributed by atoms with Gasteiger partial charge in [-0.2, -0.15) is 4.31 Å². The Balaban J connectivity index is 2.29. The molecule has 0 aromatic heterocycles. The van der Waals surface area contributed by atoms with E-state index >= 15 is 0 Å². The summed E-state index contributed by atoms with van der Waals surface area (Å²) in [5.74, 6) is 0.471. The number of nitrogens with two attached hydrogens (primary N) is 1. The van der Waals surface area contributed by atoms with Crippen molar-refractivity contribution in [3.05, 3.63) is 24.3 Å². The van der Waals surface area contributed by atoms with Crippen LogP contribution in [0.3, 0.4) is 0 Å². The molecule has 2 N–H and O–H groups in total. The van der Waals surface area contributed by atoms with Crippen LogP contribution in [0, 0.1) is 5.92 Å². The van der Waals surface area contributed by atoms with Crippen LogP contribution in [0.2, 0.25) is 0 Å². The first-order chi connectivity index (χ1) is 8.55. The molecule has 1 aliphatic heterocycles. The largest absolute Gasteiger partial charge is 0.398 e. The van der Waals surface area contributed by atoms with Gasteiger partial charge in [-0.15, -0.1) is 0 Å². The summed E-state index contributed by atoms with van der Waals surface area (Å²) in [7, 11) is -3.43. The van der Waals surface area contributed by atoms with Gasteiger partial charge in [0.05, 0.1) is 5.69 Å². The topological polar surface area (TPSA) is 63.4 Å². The number of nitrogens with zero attached hydrogens (tertiary/aromatic N) is 1. The molecule has 100 valence electrons. The first-order valence-electron chi connectivity index (χ1n) is 6.40. The average Bonchev–Trinajstić information content (AvgIpc) is 2.39. The second-order valence-corrected chi connectivity index (χ2v) is 6.72. The molecule has 18 heavy (non-hydrogen) atoms. The van der Waals surface area contributed by atoms with Crippen LogP contribution in [0.4, 0.5) is 5.69 Å². The predicted octanol–water partition coefficient (Wildman–Crippen LogP) is 2.08. The maximum Gasteiger partial charge on any atom is 0.245 e. The SMILES string of the molecule is CCC1CCCN(S(=O)(=O)c2ccccc2N)C1. The van der Waals surface area contributed by atoms with Crippen molar-refractivity contribution in [1.82, 2.24) is 4.31 Å². The fraction of sp³-hybridized carbons (Fsp3) is 0.538. The Morgan fingerprint density at radius 1 is 1.39 bits per heavy atom. The summed E-state index contributed by atoms with van der Waals surface area (Å²) in [5.41, 5.74) is 6.10. The number of nitrogen functional groups attached to an aromatic ring is 1. The molecule has 4 nitrogen and oxygen atoms in total. The zero-order valence-electron chi connectivity index (χ0n) is 10.7. The molecule has 1 aromatic rings. The maximum absolute atomic E-state index is 12.5. The van der Waals surface area contributed by atoms with Crippen molar-refractivity contribution in [2.45, 2.75) is 31.1 Å². The fourth-order valence-corrected chi connectivity index (χ4v) is 4.10. The molecule has 1 fully saturated rings. The first kappa shape index (κ1) is 13.4. The number of para-hydroxylation sites is 1. The molecule has 1 unspecified atom stereocenters. The van der Waals surface area contributed by atoms with E-state index in [0.29, 0.717) is 24.7 Å². The molecular weight excluding hydrogens is 248 g/mol. The van der Waals surface area contributed by atoms with E-state index in [0.717, 1.165) is 19.3 Å². The van der Waals surface area contributed by atoms with Gasteiger partial charge in [-0.25, -0.2) is 8.42 Å². The molecule has 0 amide bonds. The predicted molar refractivity (Wildman–Crippen MR) is 72.6 cm³/mol. The monoisotopic (exact) mass is 268 g/mol. The molecule has 0 bridgehead atoms. The first-order valence-corrected chi connectivity index (χ1v) is 7.84. The molecule has 1 aromatic carbocycles. The van der Waals surface area contributed by atoms with E-state index in [9.17, 15) is 8.42 Å². The highest BCUT2D eigenvalue weighted by Crippen LogP contribution is 2.27. The standard InChI is InChI=1S/C13H20N2O2S/c1-2-11-6-5-9-15(10-11)18(16,17)13-8-4-3-7-12(13)14/h3-4,7-8,11H,2,5-6,9-10,14H2,1H3. The lowest BCUT2D eigenvalue weighted by Crippen LogP contribution is -2.39. The van der Waals surface area contributed by atoms with Gasteiger partial charge in [-0.05, 0) is 30.9 Å². The normalized spacial score (nSPS) is 21.9. The Hall–Kier alpha value is -1.07. The summed E-state index contributed by atoms with van der Waals surface area (Å²) in [5, 5.41) is 0. The second kappa shape index (κ2) is 5.28. The van der Waals surface area contributed by atoms with Crippen LogP contribution in [0.15, 0.2) is 29.2 Å². The van der Waals surface area contributed by atoms with E-state index in [1.807, 2.05) is 0 Å². The lowest BCUT2D eigenvalue weighted by molar-refractivity contribution is 0.261. The summed E-state index contributed by atoms with van der Waals surface area (Å²) in [6, 6.07) is 6.68. The van der Waals surface area contributed by atoms with E-state index in [2.05, 4.69) is 6.92 Å². The minimum Gasteiger partial charge on any atom is -0.398 e. The maximum atomic E-state index is 12.5. The highest BCUT2D eigenvalue weighted by molar-refractivity contribution is 7.89. The van der Waals surface area contributed by atoms with Gasteiger partial charge in [-0.3, -0.25) is 0 Å². The third-order valence-corrected chi connectivity index (χ3v) is 5.53. The van der Waals surface area contributed by atoms with Crippen molar-refractivity contribution in [1.29, 1.82) is 0 Å². The van der Waals surface area contributed by atoms with Gasteiger partial charge in [0, 0.05) is 13.1 Å². The van der Waals surface area contributed by atoms with Gasteiger partial charge in [0.2, 0.25) is 10.0 Å². The van der Waals surface area contributed by atoms with Crippen molar-refractivity contribution < 1.29 is 8.42 Å². The summed E-state index contributed by atoms with van der Waals surface area (Å²) in [6.45, 7) is 3.33. The van der Waals surface area contributed by atoms with Crippen LogP contribution in [0.25, 0.3) is 0 Å². The number of hydrogen-bond acceptors (Lipinski definition) is 3. The minimum absolute atomic E-state index is 0.238. The van der Waals surface area contributed by atoms with E-state index in [1.165, 1.54) is 0 Å². The Kier molecular flexibility index (Phi) is 3.92. The second-order valence-electron chi connectivity index (χ2n) is 4.82. The summed E-state index contributed by atoms with van der Waals surface area (Å²) in [4.78, 5) is 0.238. The molecule has 0 spiro atoms. The van der Waals surface area contributed by atoms with Gasteiger partial charge in [0.1, 0.15) is 4.90 Å². The number of anilines is 1. The van der Waals surface area contributed by atoms with Gasteiger partial charge in [-0.1, -0.05) is 25.5 Å². The highest BCUT2D eigenvalue weighted by atomic mass is 32.2. The molecule has 1 aliphatic rings. The smallest absolute Gasteiger partial charge is 0.245 e. The molecule has 0 aliphatic carbocycles. The van der Waals surface area contributed by atoms with Gasteiger partial charge in [0.15, 0.2) is 0 Å². The van der Waals surface area contributed by atoms with Crippen molar-refractivity contribution in [2.75, 3.05) is 18.8 Å². The molecule has 1 heterocycles. The minimum atomic E-state index is -3.43. The number of benzene rings is 1. The molecule has 1 saturated heterocycles. The van der Waals surface area contributed by atoms with E-state index in [-0.39, 0.29) is 4.90 Å². The summed E-state index contributed by atoms with van der Waals surface area (Å²) >= 11 is 0. The van der Waals surface area contributed by atoms with Crippen LogP contribution in [-0.4, -0.2) is 25.8 Å². The van der Waals surface area contributed by atoms with E-state index < -0.39 is 10.0 Å². The number of hydrogen-bond donors (Lipinski definition) is 1. The fourth-order valence-electron chi connectivity index (χ4n) is 2.43. The Bertz CT molecular complexity index is 513. The Morgan fingerprint density at radius 2 is 2.11 bits per heavy atom. The average molecular weight is 268 g/mol.